The number of hydrogen-bond acceptors (Lipinski definition) is 5. The van der Waals surface area contributed by atoms with E-state index in [-0.39, 0.29) is 5.56 Å². The molecule has 2 aromatic carbocycles. The van der Waals surface area contributed by atoms with Gasteiger partial charge in [-0.25, -0.2) is 4.98 Å². The summed E-state index contributed by atoms with van der Waals surface area (Å²) in [5.74, 6) is 0.589. The summed E-state index contributed by atoms with van der Waals surface area (Å²) in [6.45, 7) is 4.11. The lowest BCUT2D eigenvalue weighted by molar-refractivity contribution is 0.121. The number of anilines is 2. The van der Waals surface area contributed by atoms with Crippen molar-refractivity contribution < 1.29 is 4.74 Å². The van der Waals surface area contributed by atoms with Crippen LogP contribution in [0.25, 0.3) is 0 Å². The summed E-state index contributed by atoms with van der Waals surface area (Å²) in [5.41, 5.74) is 3.26. The van der Waals surface area contributed by atoms with Crippen molar-refractivity contribution in [3.63, 3.8) is 0 Å². The summed E-state index contributed by atoms with van der Waals surface area (Å²) in [4.78, 5) is 22.5. The minimum absolute atomic E-state index is 0.0356. The number of hydrogen-bond donors (Lipinski definition) is 0. The topological polar surface area (TPSA) is 50.6 Å². The van der Waals surface area contributed by atoms with E-state index in [0.717, 1.165) is 16.9 Å². The third kappa shape index (κ3) is 4.77. The van der Waals surface area contributed by atoms with Gasteiger partial charge in [-0.3, -0.25) is 19.2 Å². The predicted molar refractivity (Wildman–Crippen MR) is 125 cm³/mol. The van der Waals surface area contributed by atoms with Gasteiger partial charge >= 0.3 is 0 Å². The first kappa shape index (κ1) is 21.8. The van der Waals surface area contributed by atoms with Gasteiger partial charge in [0.15, 0.2) is 0 Å². The molecule has 2 heterocycles. The second-order valence-corrected chi connectivity index (χ2v) is 8.47. The molecule has 0 saturated carbocycles. The maximum absolute atomic E-state index is 13.6. The Labute approximate surface area is 191 Å². The fourth-order valence-corrected chi connectivity index (χ4v) is 4.30. The van der Waals surface area contributed by atoms with E-state index >= 15 is 0 Å². The lowest BCUT2D eigenvalue weighted by Crippen LogP contribution is -2.48. The number of rotatable bonds is 6. The Kier molecular flexibility index (Phi) is 6.62. The average molecular weight is 459 g/mol. The lowest BCUT2D eigenvalue weighted by atomic mass is 10.1. The number of ether oxygens (including phenoxy) is 1. The number of nitrogens with zero attached hydrogens (tertiary/aromatic N) is 4. The minimum Gasteiger partial charge on any atom is -0.383 e. The fraction of sp³-hybridized carbons (Fsp3) is 0.304. The van der Waals surface area contributed by atoms with Crippen molar-refractivity contribution in [2.24, 2.45) is 0 Å². The molecule has 0 fully saturated rings. The number of benzene rings is 2. The number of fused-ring (bicyclic) bond motifs is 1. The number of aromatic nitrogens is 2. The lowest BCUT2D eigenvalue weighted by Gasteiger charge is -2.38. The van der Waals surface area contributed by atoms with Crippen molar-refractivity contribution in [1.29, 1.82) is 0 Å². The Morgan fingerprint density at radius 1 is 1.06 bits per heavy atom. The van der Waals surface area contributed by atoms with E-state index in [1.54, 1.807) is 17.7 Å². The van der Waals surface area contributed by atoms with Crippen molar-refractivity contribution in [2.45, 2.75) is 20.0 Å². The van der Waals surface area contributed by atoms with Crippen LogP contribution in [0.2, 0.25) is 10.0 Å². The van der Waals surface area contributed by atoms with Crippen LogP contribution in [0.3, 0.4) is 0 Å². The van der Waals surface area contributed by atoms with Crippen LogP contribution >= 0.6 is 23.2 Å². The van der Waals surface area contributed by atoms with Crippen LogP contribution in [0.1, 0.15) is 16.8 Å². The van der Waals surface area contributed by atoms with E-state index < -0.39 is 0 Å². The Morgan fingerprint density at radius 3 is 2.45 bits per heavy atom. The largest absolute Gasteiger partial charge is 0.383 e. The Hall–Kier alpha value is -2.38. The highest BCUT2D eigenvalue weighted by molar-refractivity contribution is 6.35. The highest BCUT2D eigenvalue weighted by Gasteiger charge is 2.28. The first-order valence-electron chi connectivity index (χ1n) is 10.1. The third-order valence-electron chi connectivity index (χ3n) is 5.37. The molecule has 6 nitrogen and oxygen atoms in total. The van der Waals surface area contributed by atoms with Gasteiger partial charge in [0, 0.05) is 41.4 Å². The van der Waals surface area contributed by atoms with Crippen LogP contribution in [-0.4, -0.2) is 41.4 Å². The van der Waals surface area contributed by atoms with Gasteiger partial charge in [0.2, 0.25) is 5.95 Å². The van der Waals surface area contributed by atoms with Crippen LogP contribution in [0.4, 0.5) is 11.6 Å². The molecule has 4 rings (SSSR count). The van der Waals surface area contributed by atoms with Crippen LogP contribution in [-0.2, 0) is 17.8 Å². The standard InChI is InChI=1S/C23H24Cl2N4O2/c1-16-21(10-17-6-4-3-5-7-17)22(30)29-15-27(8-9-31-2)14-28(23(29)26-16)20-12-18(24)11-19(25)13-20/h3-7,11-13H,8-10,14-15H2,1-2H3. The van der Waals surface area contributed by atoms with Crippen LogP contribution in [0, 0.1) is 6.92 Å². The zero-order valence-corrected chi connectivity index (χ0v) is 19.0. The first-order chi connectivity index (χ1) is 15.0. The molecule has 0 spiro atoms. The molecular formula is C23H24Cl2N4O2. The van der Waals surface area contributed by atoms with Crippen molar-refractivity contribution in [3.8, 4) is 0 Å². The smallest absolute Gasteiger partial charge is 0.259 e. The molecule has 162 valence electrons. The molecule has 8 heteroatoms. The Bertz CT molecular complexity index is 1110. The van der Waals surface area contributed by atoms with E-state index in [1.165, 1.54) is 0 Å². The average Bonchev–Trinajstić information content (AvgIpc) is 2.75. The predicted octanol–water partition coefficient (Wildman–Crippen LogP) is 4.46. The molecule has 0 bridgehead atoms. The monoisotopic (exact) mass is 458 g/mol. The molecule has 3 aromatic rings. The van der Waals surface area contributed by atoms with Gasteiger partial charge < -0.3 is 4.74 Å². The molecule has 0 amide bonds. The summed E-state index contributed by atoms with van der Waals surface area (Å²) < 4.78 is 6.98. The second-order valence-electron chi connectivity index (χ2n) is 7.60. The summed E-state index contributed by atoms with van der Waals surface area (Å²) in [6.07, 6.45) is 0.542. The molecule has 0 aliphatic carbocycles. The molecule has 0 saturated heterocycles. The van der Waals surface area contributed by atoms with E-state index in [0.29, 0.717) is 54.5 Å². The highest BCUT2D eigenvalue weighted by Crippen LogP contribution is 2.32. The molecular weight excluding hydrogens is 435 g/mol. The van der Waals surface area contributed by atoms with Gasteiger partial charge in [-0.15, -0.1) is 0 Å². The van der Waals surface area contributed by atoms with Gasteiger partial charge in [-0.1, -0.05) is 53.5 Å². The SMILES string of the molecule is COCCN1CN(c2cc(Cl)cc(Cl)c2)c2nc(C)c(Cc3ccccc3)c(=O)n2C1. The Balaban J connectivity index is 1.80. The zero-order valence-electron chi connectivity index (χ0n) is 17.5. The van der Waals surface area contributed by atoms with E-state index in [2.05, 4.69) is 4.90 Å². The van der Waals surface area contributed by atoms with Gasteiger partial charge in [-0.2, -0.15) is 0 Å². The first-order valence-corrected chi connectivity index (χ1v) is 10.8. The fourth-order valence-electron chi connectivity index (χ4n) is 3.79. The van der Waals surface area contributed by atoms with Gasteiger partial charge in [0.25, 0.3) is 5.56 Å². The molecule has 0 N–H and O–H groups in total. The van der Waals surface area contributed by atoms with Crippen molar-refractivity contribution >= 4 is 34.8 Å². The van der Waals surface area contributed by atoms with Crippen LogP contribution < -0.4 is 10.5 Å². The van der Waals surface area contributed by atoms with Crippen LogP contribution in [0.15, 0.2) is 53.3 Å². The maximum atomic E-state index is 13.6. The summed E-state index contributed by atoms with van der Waals surface area (Å²) in [6, 6.07) is 15.3. The van der Waals surface area contributed by atoms with E-state index in [4.69, 9.17) is 32.9 Å². The van der Waals surface area contributed by atoms with E-state index in [9.17, 15) is 4.79 Å². The normalized spacial score (nSPS) is 14.0. The third-order valence-corrected chi connectivity index (χ3v) is 5.80. The quantitative estimate of drug-likeness (QED) is 0.545. The second kappa shape index (κ2) is 9.40. The zero-order chi connectivity index (χ0) is 22.0. The molecule has 0 radical (unpaired) electrons. The number of methoxy groups -OCH3 is 1. The molecule has 1 aliphatic rings. The van der Waals surface area contributed by atoms with Gasteiger partial charge in [0.1, 0.15) is 0 Å². The summed E-state index contributed by atoms with van der Waals surface area (Å²) >= 11 is 12.5. The molecule has 0 atom stereocenters. The van der Waals surface area contributed by atoms with Gasteiger partial charge in [0.05, 0.1) is 25.6 Å². The van der Waals surface area contributed by atoms with Crippen molar-refractivity contribution in [3.05, 3.63) is 85.8 Å². The Morgan fingerprint density at radius 2 is 1.77 bits per heavy atom. The maximum Gasteiger partial charge on any atom is 0.259 e. The van der Waals surface area contributed by atoms with E-state index in [1.807, 2.05) is 54.3 Å². The summed E-state index contributed by atoms with van der Waals surface area (Å²) in [5, 5.41) is 1.06. The summed E-state index contributed by atoms with van der Waals surface area (Å²) in [7, 11) is 1.67. The van der Waals surface area contributed by atoms with Crippen molar-refractivity contribution in [1.82, 2.24) is 14.5 Å². The van der Waals surface area contributed by atoms with Gasteiger partial charge in [-0.05, 0) is 30.7 Å². The van der Waals surface area contributed by atoms with Crippen molar-refractivity contribution in [2.75, 3.05) is 31.8 Å². The number of aryl methyl sites for hydroxylation is 1. The molecule has 0 unspecified atom stereocenters. The molecule has 1 aliphatic heterocycles. The number of halogens is 2. The van der Waals surface area contributed by atoms with Crippen LogP contribution in [0.5, 0.6) is 0 Å². The minimum atomic E-state index is -0.0356. The highest BCUT2D eigenvalue weighted by atomic mass is 35.5. The molecule has 1 aromatic heterocycles. The molecule has 31 heavy (non-hydrogen) atoms.